The molecule has 0 radical (unpaired) electrons. The molecule has 11 heteroatoms. The Morgan fingerprint density at radius 3 is 2.83 bits per heavy atom. The van der Waals surface area contributed by atoms with Crippen molar-refractivity contribution < 1.29 is 18.0 Å². The topological polar surface area (TPSA) is 72.7 Å². The summed E-state index contributed by atoms with van der Waals surface area (Å²) in [7, 11) is 0. The lowest BCUT2D eigenvalue weighted by Crippen LogP contribution is -2.15. The van der Waals surface area contributed by atoms with Crippen LogP contribution in [-0.4, -0.2) is 31.9 Å². The lowest BCUT2D eigenvalue weighted by molar-refractivity contribution is -0.138. The van der Waals surface area contributed by atoms with Gasteiger partial charge in [0, 0.05) is 10.2 Å². The zero-order valence-electron chi connectivity index (χ0n) is 12.0. The zero-order chi connectivity index (χ0) is 17.3. The first-order chi connectivity index (χ1) is 11.3. The molecular weight excluding hydrogens is 411 g/mol. The van der Waals surface area contributed by atoms with Crippen molar-refractivity contribution in [3.05, 3.63) is 28.2 Å². The average Bonchev–Trinajstić information content (AvgIpc) is 3.24. The lowest BCUT2D eigenvalue weighted by Gasteiger charge is -2.12. The summed E-state index contributed by atoms with van der Waals surface area (Å²) in [5, 5.41) is 14.3. The minimum atomic E-state index is -4.50. The van der Waals surface area contributed by atoms with E-state index in [9.17, 15) is 18.0 Å². The van der Waals surface area contributed by atoms with Crippen LogP contribution < -0.4 is 5.32 Å². The van der Waals surface area contributed by atoms with Crippen LogP contribution in [0.4, 0.5) is 18.9 Å². The van der Waals surface area contributed by atoms with Crippen LogP contribution in [0.5, 0.6) is 0 Å². The first-order valence-corrected chi connectivity index (χ1v) is 8.69. The van der Waals surface area contributed by atoms with Gasteiger partial charge in [-0.05, 0) is 41.5 Å². The van der Waals surface area contributed by atoms with E-state index in [2.05, 4.69) is 36.8 Å². The van der Waals surface area contributed by atoms with Gasteiger partial charge in [-0.15, -0.1) is 5.10 Å². The van der Waals surface area contributed by atoms with Gasteiger partial charge in [-0.3, -0.25) is 4.79 Å². The van der Waals surface area contributed by atoms with Gasteiger partial charge in [-0.25, -0.2) is 4.68 Å². The minimum Gasteiger partial charge on any atom is -0.325 e. The minimum absolute atomic E-state index is 0.00447. The standard InChI is InChI=1S/C13H11BrF3N5OS/c14-10-4-1-7(5-9(10)13(15,16)17)18-11(23)6-24-12-19-20-21-22(12)8-2-3-8/h1,4-5,8H,2-3,6H2,(H,18,23). The molecule has 0 atom stereocenters. The van der Waals surface area contributed by atoms with E-state index in [-0.39, 0.29) is 22.0 Å². The fourth-order valence-corrected chi connectivity index (χ4v) is 3.19. The molecule has 1 amide bonds. The molecule has 1 N–H and O–H groups in total. The van der Waals surface area contributed by atoms with Crippen LogP contribution in [0, 0.1) is 0 Å². The van der Waals surface area contributed by atoms with Crippen LogP contribution in [0.25, 0.3) is 0 Å². The number of benzene rings is 1. The molecule has 1 heterocycles. The number of hydrogen-bond acceptors (Lipinski definition) is 5. The van der Waals surface area contributed by atoms with Gasteiger partial charge in [0.05, 0.1) is 17.4 Å². The predicted octanol–water partition coefficient (Wildman–Crippen LogP) is 3.52. The molecule has 0 spiro atoms. The van der Waals surface area contributed by atoms with E-state index >= 15 is 0 Å². The number of tetrazole rings is 1. The van der Waals surface area contributed by atoms with E-state index < -0.39 is 17.6 Å². The molecule has 1 aliphatic rings. The number of anilines is 1. The highest BCUT2D eigenvalue weighted by atomic mass is 79.9. The third-order valence-electron chi connectivity index (χ3n) is 3.24. The van der Waals surface area contributed by atoms with Crippen molar-refractivity contribution >= 4 is 39.3 Å². The molecule has 1 saturated carbocycles. The van der Waals surface area contributed by atoms with Crippen molar-refractivity contribution in [1.82, 2.24) is 20.2 Å². The smallest absolute Gasteiger partial charge is 0.325 e. The Labute approximate surface area is 147 Å². The number of aromatic nitrogens is 4. The van der Waals surface area contributed by atoms with Crippen LogP contribution in [0.2, 0.25) is 0 Å². The fraction of sp³-hybridized carbons (Fsp3) is 0.385. The Hall–Kier alpha value is -1.62. The number of rotatable bonds is 5. The molecule has 0 aliphatic heterocycles. The van der Waals surface area contributed by atoms with Crippen molar-refractivity contribution in [2.24, 2.45) is 0 Å². The molecule has 0 unspecified atom stereocenters. The largest absolute Gasteiger partial charge is 0.417 e. The SMILES string of the molecule is O=C(CSc1nnnn1C1CC1)Nc1ccc(Br)c(C(F)(F)F)c1. The normalized spacial score (nSPS) is 14.7. The Balaban J connectivity index is 1.61. The molecule has 6 nitrogen and oxygen atoms in total. The van der Waals surface area contributed by atoms with Gasteiger partial charge in [0.15, 0.2) is 0 Å². The van der Waals surface area contributed by atoms with Gasteiger partial charge in [0.1, 0.15) is 0 Å². The number of nitrogens with one attached hydrogen (secondary N) is 1. The number of nitrogens with zero attached hydrogens (tertiary/aromatic N) is 4. The molecular formula is C13H11BrF3N5OS. The summed E-state index contributed by atoms with van der Waals surface area (Å²) >= 11 is 4.00. The summed E-state index contributed by atoms with van der Waals surface area (Å²) in [6, 6.07) is 3.82. The number of carbonyl (C=O) groups excluding carboxylic acids is 1. The monoisotopic (exact) mass is 421 g/mol. The van der Waals surface area contributed by atoms with Gasteiger partial charge in [-0.2, -0.15) is 13.2 Å². The van der Waals surface area contributed by atoms with Crippen molar-refractivity contribution in [3.63, 3.8) is 0 Å². The highest BCUT2D eigenvalue weighted by Crippen LogP contribution is 2.37. The highest BCUT2D eigenvalue weighted by molar-refractivity contribution is 9.10. The number of thioether (sulfide) groups is 1. The molecule has 0 bridgehead atoms. The maximum atomic E-state index is 12.9. The molecule has 24 heavy (non-hydrogen) atoms. The molecule has 3 rings (SSSR count). The Kier molecular flexibility index (Phi) is 4.81. The van der Waals surface area contributed by atoms with Crippen LogP contribution >= 0.6 is 27.7 Å². The number of halogens is 4. The summed E-state index contributed by atoms with van der Waals surface area (Å²) in [6.07, 6.45) is -2.49. The Bertz CT molecular complexity index is 762. The van der Waals surface area contributed by atoms with Gasteiger partial charge in [0.25, 0.3) is 0 Å². The van der Waals surface area contributed by atoms with E-state index in [0.717, 1.165) is 30.7 Å². The Morgan fingerprint density at radius 1 is 1.42 bits per heavy atom. The quantitative estimate of drug-likeness (QED) is 0.747. The number of carbonyl (C=O) groups is 1. The van der Waals surface area contributed by atoms with Gasteiger partial charge >= 0.3 is 6.18 Å². The van der Waals surface area contributed by atoms with Crippen LogP contribution in [0.15, 0.2) is 27.8 Å². The van der Waals surface area contributed by atoms with Crippen molar-refractivity contribution in [2.45, 2.75) is 30.2 Å². The summed E-state index contributed by atoms with van der Waals surface area (Å²) in [5.41, 5.74) is -0.761. The molecule has 1 aromatic carbocycles. The number of hydrogen-bond donors (Lipinski definition) is 1. The number of amides is 1. The first-order valence-electron chi connectivity index (χ1n) is 6.92. The lowest BCUT2D eigenvalue weighted by atomic mass is 10.2. The predicted molar refractivity (Wildman–Crippen MR) is 84.6 cm³/mol. The maximum absolute atomic E-state index is 12.9. The van der Waals surface area contributed by atoms with E-state index in [0.29, 0.717) is 5.16 Å². The van der Waals surface area contributed by atoms with E-state index in [4.69, 9.17) is 0 Å². The average molecular weight is 422 g/mol. The summed E-state index contributed by atoms with van der Waals surface area (Å²) < 4.78 is 40.2. The van der Waals surface area contributed by atoms with Gasteiger partial charge in [-0.1, -0.05) is 27.7 Å². The molecule has 2 aromatic rings. The molecule has 1 aromatic heterocycles. The molecule has 1 fully saturated rings. The van der Waals surface area contributed by atoms with Gasteiger partial charge in [0.2, 0.25) is 11.1 Å². The zero-order valence-corrected chi connectivity index (χ0v) is 14.5. The number of alkyl halides is 3. The van der Waals surface area contributed by atoms with Crippen molar-refractivity contribution in [1.29, 1.82) is 0 Å². The summed E-state index contributed by atoms with van der Waals surface area (Å²) in [5.74, 6) is -0.425. The van der Waals surface area contributed by atoms with Crippen molar-refractivity contribution in [3.8, 4) is 0 Å². The van der Waals surface area contributed by atoms with Crippen LogP contribution in [0.1, 0.15) is 24.4 Å². The fourth-order valence-electron chi connectivity index (χ4n) is 1.98. The van der Waals surface area contributed by atoms with Crippen LogP contribution in [0.3, 0.4) is 0 Å². The second-order valence-corrected chi connectivity index (χ2v) is 6.96. The van der Waals surface area contributed by atoms with Gasteiger partial charge < -0.3 is 5.32 Å². The molecule has 0 saturated heterocycles. The highest BCUT2D eigenvalue weighted by Gasteiger charge is 2.33. The summed E-state index contributed by atoms with van der Waals surface area (Å²) in [6.45, 7) is 0. The first kappa shape index (κ1) is 17.2. The van der Waals surface area contributed by atoms with E-state index in [1.165, 1.54) is 12.1 Å². The second-order valence-electron chi connectivity index (χ2n) is 5.17. The third kappa shape index (κ3) is 4.07. The molecule has 1 aliphatic carbocycles. The van der Waals surface area contributed by atoms with E-state index in [1.807, 2.05) is 0 Å². The summed E-state index contributed by atoms with van der Waals surface area (Å²) in [4.78, 5) is 11.9. The van der Waals surface area contributed by atoms with Crippen LogP contribution in [-0.2, 0) is 11.0 Å². The maximum Gasteiger partial charge on any atom is 0.417 e. The second kappa shape index (κ2) is 6.71. The van der Waals surface area contributed by atoms with E-state index in [1.54, 1.807) is 4.68 Å². The third-order valence-corrected chi connectivity index (χ3v) is 4.87. The Morgan fingerprint density at radius 2 is 2.17 bits per heavy atom. The van der Waals surface area contributed by atoms with Crippen molar-refractivity contribution in [2.75, 3.05) is 11.1 Å². The molecule has 128 valence electrons.